The molecule has 2 aromatic carbocycles. The molecule has 110 valence electrons. The van der Waals surface area contributed by atoms with Gasteiger partial charge in [-0.05, 0) is 30.3 Å². The fraction of sp³-hybridized carbons (Fsp3) is 0.200. The molecule has 2 N–H and O–H groups in total. The second-order valence-corrected chi connectivity index (χ2v) is 5.35. The van der Waals surface area contributed by atoms with Crippen LogP contribution in [0.3, 0.4) is 0 Å². The Morgan fingerprint density at radius 2 is 1.95 bits per heavy atom. The van der Waals surface area contributed by atoms with Gasteiger partial charge in [-0.15, -0.1) is 0 Å². The van der Waals surface area contributed by atoms with Crippen LogP contribution in [0.25, 0.3) is 0 Å². The van der Waals surface area contributed by atoms with Crippen molar-refractivity contribution in [2.75, 3.05) is 12.8 Å². The number of nitro benzene ring substituents is 1. The Morgan fingerprint density at radius 1 is 1.24 bits per heavy atom. The fourth-order valence-corrected chi connectivity index (χ4v) is 2.40. The van der Waals surface area contributed by atoms with E-state index in [1.807, 2.05) is 36.2 Å². The lowest BCUT2D eigenvalue weighted by atomic mass is 10.1. The van der Waals surface area contributed by atoms with Crippen LogP contribution in [-0.2, 0) is 13.1 Å². The molecule has 2 aromatic rings. The normalized spacial score (nSPS) is 10.8. The quantitative estimate of drug-likeness (QED) is 0.521. The number of rotatable bonds is 5. The predicted molar refractivity (Wildman–Crippen MR) is 84.1 cm³/mol. The summed E-state index contributed by atoms with van der Waals surface area (Å²) < 4.78 is 0. The summed E-state index contributed by atoms with van der Waals surface area (Å²) in [6, 6.07) is 12.5. The minimum absolute atomic E-state index is 0.0522. The zero-order valence-electron chi connectivity index (χ0n) is 11.6. The first-order valence-electron chi connectivity index (χ1n) is 6.42. The molecule has 0 aliphatic heterocycles. The van der Waals surface area contributed by atoms with Gasteiger partial charge in [0.15, 0.2) is 0 Å². The van der Waals surface area contributed by atoms with Crippen LogP contribution in [-0.4, -0.2) is 16.9 Å². The van der Waals surface area contributed by atoms with E-state index in [4.69, 9.17) is 17.3 Å². The maximum atomic E-state index is 10.9. The number of halogens is 1. The minimum atomic E-state index is -0.462. The molecule has 0 atom stereocenters. The van der Waals surface area contributed by atoms with E-state index in [0.717, 1.165) is 11.1 Å². The highest BCUT2D eigenvalue weighted by Gasteiger charge is 2.15. The first kappa shape index (κ1) is 15.3. The van der Waals surface area contributed by atoms with Crippen LogP contribution >= 0.6 is 11.6 Å². The standard InChI is InChI=1S/C15H16ClN3O2/c1-18(9-11-4-2-6-13(16)8-11)10-12-5-3-7-14(15(12)17)19(20)21/h2-8H,9-10,17H2,1H3. The summed E-state index contributed by atoms with van der Waals surface area (Å²) in [6.07, 6.45) is 0. The summed E-state index contributed by atoms with van der Waals surface area (Å²) in [4.78, 5) is 12.5. The number of nitrogens with two attached hydrogens (primary N) is 1. The Kier molecular flexibility index (Phi) is 4.77. The van der Waals surface area contributed by atoms with Gasteiger partial charge >= 0.3 is 0 Å². The van der Waals surface area contributed by atoms with Crippen LogP contribution in [0.4, 0.5) is 11.4 Å². The number of nitrogens with zero attached hydrogens (tertiary/aromatic N) is 2. The fourth-order valence-electron chi connectivity index (χ4n) is 2.19. The molecule has 0 amide bonds. The topological polar surface area (TPSA) is 72.4 Å². The zero-order valence-corrected chi connectivity index (χ0v) is 12.4. The Bertz CT molecular complexity index is 661. The molecule has 6 heteroatoms. The summed E-state index contributed by atoms with van der Waals surface area (Å²) >= 11 is 5.96. The summed E-state index contributed by atoms with van der Waals surface area (Å²) in [5, 5.41) is 11.6. The first-order valence-corrected chi connectivity index (χ1v) is 6.80. The second-order valence-electron chi connectivity index (χ2n) is 4.91. The van der Waals surface area contributed by atoms with Crippen molar-refractivity contribution in [1.29, 1.82) is 0 Å². The molecule has 21 heavy (non-hydrogen) atoms. The molecular formula is C15H16ClN3O2. The molecule has 0 aliphatic rings. The molecule has 2 rings (SSSR count). The Morgan fingerprint density at radius 3 is 2.62 bits per heavy atom. The highest BCUT2D eigenvalue weighted by molar-refractivity contribution is 6.30. The Hall–Kier alpha value is -2.11. The van der Waals surface area contributed by atoms with Crippen LogP contribution < -0.4 is 5.73 Å². The lowest BCUT2D eigenvalue weighted by Crippen LogP contribution is -2.18. The molecular weight excluding hydrogens is 290 g/mol. The third kappa shape index (κ3) is 3.93. The lowest BCUT2D eigenvalue weighted by Gasteiger charge is -2.18. The summed E-state index contributed by atoms with van der Waals surface area (Å²) in [5.74, 6) is 0. The third-order valence-electron chi connectivity index (χ3n) is 3.15. The van der Waals surface area contributed by atoms with Crippen molar-refractivity contribution < 1.29 is 4.92 Å². The summed E-state index contributed by atoms with van der Waals surface area (Å²) in [7, 11) is 1.93. The van der Waals surface area contributed by atoms with E-state index in [1.165, 1.54) is 6.07 Å². The SMILES string of the molecule is CN(Cc1cccc(Cl)c1)Cc1cccc([N+](=O)[O-])c1N. The van der Waals surface area contributed by atoms with Gasteiger partial charge < -0.3 is 5.73 Å². The van der Waals surface area contributed by atoms with Crippen LogP contribution in [0, 0.1) is 10.1 Å². The van der Waals surface area contributed by atoms with Gasteiger partial charge in [0.25, 0.3) is 5.69 Å². The van der Waals surface area contributed by atoms with E-state index in [9.17, 15) is 10.1 Å². The summed E-state index contributed by atoms with van der Waals surface area (Å²) in [5.41, 5.74) is 7.85. The minimum Gasteiger partial charge on any atom is -0.393 e. The largest absolute Gasteiger partial charge is 0.393 e. The van der Waals surface area contributed by atoms with E-state index >= 15 is 0 Å². The smallest absolute Gasteiger partial charge is 0.292 e. The second kappa shape index (κ2) is 6.56. The predicted octanol–water partition coefficient (Wildman–Crippen LogP) is 3.46. The van der Waals surface area contributed by atoms with E-state index in [0.29, 0.717) is 18.1 Å². The van der Waals surface area contributed by atoms with Crippen molar-refractivity contribution in [3.8, 4) is 0 Å². The van der Waals surface area contributed by atoms with Crippen LogP contribution in [0.1, 0.15) is 11.1 Å². The number of nitro groups is 1. The number of benzene rings is 2. The average molecular weight is 306 g/mol. The van der Waals surface area contributed by atoms with E-state index in [2.05, 4.69) is 0 Å². The van der Waals surface area contributed by atoms with Gasteiger partial charge in [0.1, 0.15) is 5.69 Å². The average Bonchev–Trinajstić information content (AvgIpc) is 2.40. The number of nitrogen functional groups attached to an aromatic ring is 1. The summed E-state index contributed by atoms with van der Waals surface area (Å²) in [6.45, 7) is 1.21. The molecule has 0 unspecified atom stereocenters. The first-order chi connectivity index (χ1) is 9.97. The lowest BCUT2D eigenvalue weighted by molar-refractivity contribution is -0.384. The van der Waals surface area contributed by atoms with Gasteiger partial charge in [-0.25, -0.2) is 0 Å². The van der Waals surface area contributed by atoms with Crippen LogP contribution in [0.15, 0.2) is 42.5 Å². The van der Waals surface area contributed by atoms with Crippen molar-refractivity contribution in [1.82, 2.24) is 4.90 Å². The van der Waals surface area contributed by atoms with Gasteiger partial charge in [-0.3, -0.25) is 15.0 Å². The van der Waals surface area contributed by atoms with E-state index in [-0.39, 0.29) is 11.4 Å². The molecule has 0 heterocycles. The molecule has 0 radical (unpaired) electrons. The highest BCUT2D eigenvalue weighted by Crippen LogP contribution is 2.26. The van der Waals surface area contributed by atoms with E-state index in [1.54, 1.807) is 12.1 Å². The van der Waals surface area contributed by atoms with Crippen LogP contribution in [0.5, 0.6) is 0 Å². The molecule has 0 bridgehead atoms. The third-order valence-corrected chi connectivity index (χ3v) is 3.39. The van der Waals surface area contributed by atoms with Crippen molar-refractivity contribution in [2.24, 2.45) is 0 Å². The molecule has 0 saturated carbocycles. The molecule has 0 saturated heterocycles. The number of hydrogen-bond acceptors (Lipinski definition) is 4. The number of anilines is 1. The van der Waals surface area contributed by atoms with Crippen molar-refractivity contribution in [2.45, 2.75) is 13.1 Å². The van der Waals surface area contributed by atoms with Gasteiger partial charge in [0.2, 0.25) is 0 Å². The Balaban J connectivity index is 2.11. The molecule has 0 fully saturated rings. The maximum absolute atomic E-state index is 10.9. The molecule has 5 nitrogen and oxygen atoms in total. The molecule has 0 aromatic heterocycles. The van der Waals surface area contributed by atoms with Gasteiger partial charge in [0, 0.05) is 24.2 Å². The monoisotopic (exact) mass is 305 g/mol. The maximum Gasteiger partial charge on any atom is 0.292 e. The van der Waals surface area contributed by atoms with Crippen molar-refractivity contribution in [3.05, 3.63) is 68.7 Å². The van der Waals surface area contributed by atoms with Gasteiger partial charge in [0.05, 0.1) is 4.92 Å². The van der Waals surface area contributed by atoms with Gasteiger partial charge in [-0.2, -0.15) is 0 Å². The van der Waals surface area contributed by atoms with Crippen molar-refractivity contribution in [3.63, 3.8) is 0 Å². The zero-order chi connectivity index (χ0) is 15.4. The number of hydrogen-bond donors (Lipinski definition) is 1. The van der Waals surface area contributed by atoms with Gasteiger partial charge in [-0.1, -0.05) is 35.9 Å². The van der Waals surface area contributed by atoms with Crippen molar-refractivity contribution >= 4 is 23.0 Å². The number of para-hydroxylation sites is 1. The van der Waals surface area contributed by atoms with Crippen LogP contribution in [0.2, 0.25) is 5.02 Å². The molecule has 0 spiro atoms. The molecule has 0 aliphatic carbocycles. The Labute approximate surface area is 128 Å². The van der Waals surface area contributed by atoms with E-state index < -0.39 is 4.92 Å². The highest BCUT2D eigenvalue weighted by atomic mass is 35.5.